The van der Waals surface area contributed by atoms with E-state index in [0.29, 0.717) is 17.7 Å². The molecule has 0 aliphatic heterocycles. The third-order valence-corrected chi connectivity index (χ3v) is 4.89. The van der Waals surface area contributed by atoms with Crippen LogP contribution in [0.15, 0.2) is 83.8 Å². The lowest BCUT2D eigenvalue weighted by atomic mass is 10.2. The minimum atomic E-state index is -0.322. The minimum absolute atomic E-state index is 0.230. The zero-order valence-electron chi connectivity index (χ0n) is 16.7. The number of fused-ring (bicyclic) bond motifs is 1. The quantitative estimate of drug-likeness (QED) is 0.471. The highest BCUT2D eigenvalue weighted by molar-refractivity contribution is 5.91. The van der Waals surface area contributed by atoms with Crippen LogP contribution in [-0.2, 0) is 17.9 Å². The van der Waals surface area contributed by atoms with Crippen molar-refractivity contribution in [3.8, 4) is 0 Å². The molecular weight excluding hydrogens is 395 g/mol. The number of rotatable bonds is 7. The Morgan fingerprint density at radius 2 is 1.77 bits per heavy atom. The van der Waals surface area contributed by atoms with Crippen molar-refractivity contribution in [3.63, 3.8) is 0 Å². The van der Waals surface area contributed by atoms with E-state index in [1.807, 2.05) is 36.4 Å². The Morgan fingerprint density at radius 1 is 1.00 bits per heavy atom. The molecule has 156 valence electrons. The van der Waals surface area contributed by atoms with E-state index in [1.54, 1.807) is 39.6 Å². The fourth-order valence-corrected chi connectivity index (χ4v) is 3.36. The van der Waals surface area contributed by atoms with Gasteiger partial charge in [-0.1, -0.05) is 42.5 Å². The molecule has 7 heteroatoms. The maximum atomic E-state index is 13.2. The standard InChI is InChI=1S/C24H21FN4O2/c25-20-11-8-19(9-12-20)17-29-21-7-4-14-27-23(21)28(24(29)31)16-15-26-22(30)13-10-18-5-2-1-3-6-18/h1-14H,15-17H2,(H,26,30). The summed E-state index contributed by atoms with van der Waals surface area (Å²) in [5.41, 5.74) is 2.75. The first-order valence-electron chi connectivity index (χ1n) is 9.91. The predicted molar refractivity (Wildman–Crippen MR) is 118 cm³/mol. The van der Waals surface area contributed by atoms with Gasteiger partial charge in [-0.25, -0.2) is 14.2 Å². The monoisotopic (exact) mass is 416 g/mol. The van der Waals surface area contributed by atoms with E-state index in [4.69, 9.17) is 0 Å². The molecule has 0 unspecified atom stereocenters. The second-order valence-corrected chi connectivity index (χ2v) is 7.03. The van der Waals surface area contributed by atoms with Crippen LogP contribution in [0.1, 0.15) is 11.1 Å². The zero-order chi connectivity index (χ0) is 21.6. The number of carbonyl (C=O) groups excluding carboxylic acids is 1. The van der Waals surface area contributed by atoms with Gasteiger partial charge in [0.1, 0.15) is 5.82 Å². The molecule has 2 aromatic heterocycles. The highest BCUT2D eigenvalue weighted by Gasteiger charge is 2.14. The number of pyridine rings is 1. The molecule has 0 saturated carbocycles. The molecule has 0 radical (unpaired) electrons. The van der Waals surface area contributed by atoms with E-state index < -0.39 is 0 Å². The average molecular weight is 416 g/mol. The van der Waals surface area contributed by atoms with Crippen LogP contribution in [0.2, 0.25) is 0 Å². The summed E-state index contributed by atoms with van der Waals surface area (Å²) in [6.07, 6.45) is 4.83. The van der Waals surface area contributed by atoms with Gasteiger partial charge in [0.05, 0.1) is 12.1 Å². The second kappa shape index (κ2) is 9.21. The molecule has 4 aromatic rings. The van der Waals surface area contributed by atoms with Crippen LogP contribution in [0.5, 0.6) is 0 Å². The molecule has 0 bridgehead atoms. The summed E-state index contributed by atoms with van der Waals surface area (Å²) in [4.78, 5) is 29.5. The number of aromatic nitrogens is 3. The van der Waals surface area contributed by atoms with Gasteiger partial charge in [-0.3, -0.25) is 13.9 Å². The van der Waals surface area contributed by atoms with Gasteiger partial charge in [0.25, 0.3) is 0 Å². The third kappa shape index (κ3) is 4.78. The van der Waals surface area contributed by atoms with Crippen LogP contribution < -0.4 is 11.0 Å². The highest BCUT2D eigenvalue weighted by Crippen LogP contribution is 2.12. The van der Waals surface area contributed by atoms with Crippen molar-refractivity contribution < 1.29 is 9.18 Å². The van der Waals surface area contributed by atoms with E-state index in [0.717, 1.165) is 11.1 Å². The van der Waals surface area contributed by atoms with E-state index in [2.05, 4.69) is 10.3 Å². The number of imidazole rings is 1. The van der Waals surface area contributed by atoms with Crippen LogP contribution in [-0.4, -0.2) is 26.6 Å². The molecular formula is C24H21FN4O2. The molecule has 0 saturated heterocycles. The van der Waals surface area contributed by atoms with Crippen LogP contribution in [0, 0.1) is 5.82 Å². The van der Waals surface area contributed by atoms with Crippen molar-refractivity contribution in [2.75, 3.05) is 6.54 Å². The highest BCUT2D eigenvalue weighted by atomic mass is 19.1. The smallest absolute Gasteiger partial charge is 0.330 e. The van der Waals surface area contributed by atoms with Crippen molar-refractivity contribution in [1.82, 2.24) is 19.4 Å². The zero-order valence-corrected chi connectivity index (χ0v) is 16.7. The molecule has 0 aliphatic carbocycles. The normalized spacial score (nSPS) is 11.3. The lowest BCUT2D eigenvalue weighted by molar-refractivity contribution is -0.116. The number of nitrogens with one attached hydrogen (secondary N) is 1. The molecule has 1 N–H and O–H groups in total. The number of amides is 1. The van der Waals surface area contributed by atoms with Gasteiger partial charge in [-0.05, 0) is 41.5 Å². The van der Waals surface area contributed by atoms with Crippen molar-refractivity contribution in [2.24, 2.45) is 0 Å². The molecule has 6 nitrogen and oxygen atoms in total. The summed E-state index contributed by atoms with van der Waals surface area (Å²) in [6, 6.07) is 19.2. The molecule has 1 amide bonds. The van der Waals surface area contributed by atoms with Gasteiger partial charge < -0.3 is 5.32 Å². The van der Waals surface area contributed by atoms with Gasteiger partial charge in [-0.2, -0.15) is 0 Å². The third-order valence-electron chi connectivity index (χ3n) is 4.89. The fraction of sp³-hybridized carbons (Fsp3) is 0.125. The second-order valence-electron chi connectivity index (χ2n) is 7.03. The summed E-state index contributed by atoms with van der Waals surface area (Å²) in [5, 5.41) is 2.79. The van der Waals surface area contributed by atoms with Crippen molar-refractivity contribution in [2.45, 2.75) is 13.1 Å². The molecule has 31 heavy (non-hydrogen) atoms. The summed E-state index contributed by atoms with van der Waals surface area (Å²) < 4.78 is 16.3. The minimum Gasteiger partial charge on any atom is -0.351 e. The van der Waals surface area contributed by atoms with E-state index in [9.17, 15) is 14.0 Å². The van der Waals surface area contributed by atoms with Gasteiger partial charge >= 0.3 is 5.69 Å². The Kier molecular flexibility index (Phi) is 6.03. The van der Waals surface area contributed by atoms with Gasteiger partial charge in [0.15, 0.2) is 5.65 Å². The van der Waals surface area contributed by atoms with Crippen molar-refractivity contribution in [1.29, 1.82) is 0 Å². The number of hydrogen-bond donors (Lipinski definition) is 1. The number of hydrogen-bond acceptors (Lipinski definition) is 3. The van der Waals surface area contributed by atoms with E-state index >= 15 is 0 Å². The molecule has 0 atom stereocenters. The summed E-state index contributed by atoms with van der Waals surface area (Å²) in [5.74, 6) is -0.558. The Balaban J connectivity index is 1.48. The lowest BCUT2D eigenvalue weighted by Gasteiger charge is -2.04. The van der Waals surface area contributed by atoms with E-state index in [-0.39, 0.29) is 30.5 Å². The Labute approximate surface area is 178 Å². The lowest BCUT2D eigenvalue weighted by Crippen LogP contribution is -2.31. The largest absolute Gasteiger partial charge is 0.351 e. The topological polar surface area (TPSA) is 68.9 Å². The number of carbonyl (C=O) groups is 1. The summed E-state index contributed by atoms with van der Waals surface area (Å²) >= 11 is 0. The van der Waals surface area contributed by atoms with Crippen LogP contribution in [0.3, 0.4) is 0 Å². The number of benzene rings is 2. The molecule has 0 fully saturated rings. The molecule has 2 heterocycles. The molecule has 0 spiro atoms. The first-order chi connectivity index (χ1) is 15.1. The SMILES string of the molecule is O=C(C=Cc1ccccc1)NCCn1c(=O)n(Cc2ccc(F)cc2)c2cccnc21. The van der Waals surface area contributed by atoms with Crippen molar-refractivity contribution in [3.05, 3.63) is 106 Å². The van der Waals surface area contributed by atoms with Crippen LogP contribution in [0.4, 0.5) is 4.39 Å². The Hall–Kier alpha value is -4.00. The van der Waals surface area contributed by atoms with Crippen molar-refractivity contribution >= 4 is 23.1 Å². The van der Waals surface area contributed by atoms with Gasteiger partial charge in [-0.15, -0.1) is 0 Å². The molecule has 4 rings (SSSR count). The van der Waals surface area contributed by atoms with Crippen LogP contribution >= 0.6 is 0 Å². The number of halogens is 1. The Bertz CT molecular complexity index is 1270. The number of nitrogens with zero attached hydrogens (tertiary/aromatic N) is 3. The maximum Gasteiger partial charge on any atom is 0.330 e. The maximum absolute atomic E-state index is 13.2. The molecule has 2 aromatic carbocycles. The van der Waals surface area contributed by atoms with Gasteiger partial charge in [0, 0.05) is 25.4 Å². The predicted octanol–water partition coefficient (Wildman–Crippen LogP) is 3.22. The summed E-state index contributed by atoms with van der Waals surface area (Å²) in [6.45, 7) is 0.873. The first-order valence-corrected chi connectivity index (χ1v) is 9.91. The summed E-state index contributed by atoms with van der Waals surface area (Å²) in [7, 11) is 0. The van der Waals surface area contributed by atoms with Gasteiger partial charge in [0.2, 0.25) is 5.91 Å². The average Bonchev–Trinajstić information content (AvgIpc) is 3.06. The molecule has 0 aliphatic rings. The Morgan fingerprint density at radius 3 is 2.55 bits per heavy atom. The first kappa shape index (κ1) is 20.3. The van der Waals surface area contributed by atoms with E-state index in [1.165, 1.54) is 18.2 Å². The fourth-order valence-electron chi connectivity index (χ4n) is 3.36. The van der Waals surface area contributed by atoms with Crippen LogP contribution in [0.25, 0.3) is 17.2 Å².